The van der Waals surface area contributed by atoms with Crippen molar-refractivity contribution in [3.05, 3.63) is 54.5 Å². The van der Waals surface area contributed by atoms with Gasteiger partial charge in [-0.15, -0.1) is 5.10 Å². The summed E-state index contributed by atoms with van der Waals surface area (Å²) in [5.41, 5.74) is 3.98. The fourth-order valence-corrected chi connectivity index (χ4v) is 3.09. The van der Waals surface area contributed by atoms with Gasteiger partial charge in [-0.25, -0.2) is 4.68 Å². The van der Waals surface area contributed by atoms with Crippen molar-refractivity contribution in [2.75, 3.05) is 18.0 Å². The van der Waals surface area contributed by atoms with Gasteiger partial charge in [-0.3, -0.25) is 4.98 Å². The highest BCUT2D eigenvalue weighted by Crippen LogP contribution is 2.26. The van der Waals surface area contributed by atoms with Gasteiger partial charge in [-0.05, 0) is 49.2 Å². The first kappa shape index (κ1) is 14.4. The van der Waals surface area contributed by atoms with E-state index in [1.165, 1.54) is 18.5 Å². The van der Waals surface area contributed by atoms with E-state index in [-0.39, 0.29) is 0 Å². The zero-order chi connectivity index (χ0) is 16.4. The lowest BCUT2D eigenvalue weighted by Gasteiger charge is -2.17. The molecule has 6 nitrogen and oxygen atoms in total. The average Bonchev–Trinajstić information content (AvgIpc) is 3.32. The molecule has 2 aromatic heterocycles. The zero-order valence-corrected chi connectivity index (χ0v) is 13.1. The van der Waals surface area contributed by atoms with Crippen LogP contribution < -0.4 is 4.90 Å². The van der Waals surface area contributed by atoms with E-state index in [2.05, 4.69) is 38.4 Å². The van der Waals surface area contributed by atoms with Gasteiger partial charge in [0.2, 0.25) is 0 Å². The summed E-state index contributed by atoms with van der Waals surface area (Å²) in [6.07, 6.45) is 5.90. The normalized spacial score (nSPS) is 13.9. The van der Waals surface area contributed by atoms with Crippen molar-refractivity contribution in [1.29, 1.82) is 5.26 Å². The summed E-state index contributed by atoms with van der Waals surface area (Å²) < 4.78 is 1.71. The summed E-state index contributed by atoms with van der Waals surface area (Å²) >= 11 is 0. The molecule has 1 aliphatic heterocycles. The fourth-order valence-electron chi connectivity index (χ4n) is 3.09. The number of anilines is 1. The van der Waals surface area contributed by atoms with E-state index in [1.54, 1.807) is 17.1 Å². The Bertz CT molecular complexity index is 870. The van der Waals surface area contributed by atoms with Gasteiger partial charge in [0.1, 0.15) is 11.8 Å². The van der Waals surface area contributed by atoms with Crippen molar-refractivity contribution in [2.45, 2.75) is 12.8 Å². The summed E-state index contributed by atoms with van der Waals surface area (Å²) in [7, 11) is 0. The second kappa shape index (κ2) is 6.13. The van der Waals surface area contributed by atoms with Gasteiger partial charge in [0.15, 0.2) is 5.69 Å². The summed E-state index contributed by atoms with van der Waals surface area (Å²) in [5.74, 6) is 0. The molecule has 0 aliphatic carbocycles. The summed E-state index contributed by atoms with van der Waals surface area (Å²) in [6, 6.07) is 14.1. The molecule has 3 heterocycles. The lowest BCUT2D eigenvalue weighted by atomic mass is 10.1. The van der Waals surface area contributed by atoms with E-state index in [4.69, 9.17) is 0 Å². The molecule has 6 heteroatoms. The quantitative estimate of drug-likeness (QED) is 0.743. The molecule has 1 fully saturated rings. The number of nitriles is 1. The Morgan fingerprint density at radius 3 is 2.25 bits per heavy atom. The smallest absolute Gasteiger partial charge is 0.191 e. The second-order valence-corrected chi connectivity index (χ2v) is 5.76. The van der Waals surface area contributed by atoms with Crippen LogP contribution in [0.5, 0.6) is 0 Å². The summed E-state index contributed by atoms with van der Waals surface area (Å²) in [5, 5.41) is 17.5. The van der Waals surface area contributed by atoms with Crippen molar-refractivity contribution in [1.82, 2.24) is 20.0 Å². The molecular weight excluding hydrogens is 300 g/mol. The highest BCUT2D eigenvalue weighted by Gasteiger charge is 2.17. The fraction of sp³-hybridized carbons (Fsp3) is 0.222. The third kappa shape index (κ3) is 2.50. The van der Waals surface area contributed by atoms with E-state index in [1.807, 2.05) is 24.3 Å². The molecule has 24 heavy (non-hydrogen) atoms. The van der Waals surface area contributed by atoms with Crippen LogP contribution in [0.15, 0.2) is 48.8 Å². The first-order valence-electron chi connectivity index (χ1n) is 7.98. The van der Waals surface area contributed by atoms with Crippen LogP contribution in [0.4, 0.5) is 5.69 Å². The van der Waals surface area contributed by atoms with Crippen LogP contribution in [0.25, 0.3) is 16.9 Å². The van der Waals surface area contributed by atoms with Gasteiger partial charge in [0, 0.05) is 36.7 Å². The molecule has 0 N–H and O–H groups in total. The van der Waals surface area contributed by atoms with Crippen molar-refractivity contribution in [2.24, 2.45) is 0 Å². The van der Waals surface area contributed by atoms with E-state index >= 15 is 0 Å². The van der Waals surface area contributed by atoms with E-state index < -0.39 is 0 Å². The molecule has 0 saturated carbocycles. The maximum absolute atomic E-state index is 9.34. The Morgan fingerprint density at radius 1 is 0.917 bits per heavy atom. The molecule has 0 spiro atoms. The minimum atomic E-state index is 0.310. The number of aromatic nitrogens is 4. The Morgan fingerprint density at radius 2 is 1.58 bits per heavy atom. The van der Waals surface area contributed by atoms with Crippen molar-refractivity contribution in [3.8, 4) is 23.0 Å². The van der Waals surface area contributed by atoms with Gasteiger partial charge in [0.25, 0.3) is 0 Å². The lowest BCUT2D eigenvalue weighted by molar-refractivity contribution is 0.806. The number of benzene rings is 1. The molecule has 1 saturated heterocycles. The monoisotopic (exact) mass is 316 g/mol. The number of nitrogens with zero attached hydrogens (tertiary/aromatic N) is 6. The highest BCUT2D eigenvalue weighted by molar-refractivity contribution is 5.67. The maximum atomic E-state index is 9.34. The average molecular weight is 316 g/mol. The number of hydrogen-bond acceptors (Lipinski definition) is 5. The Kier molecular flexibility index (Phi) is 3.67. The first-order valence-corrected chi connectivity index (χ1v) is 7.98. The van der Waals surface area contributed by atoms with E-state index in [0.717, 1.165) is 24.3 Å². The van der Waals surface area contributed by atoms with Crippen LogP contribution in [0.3, 0.4) is 0 Å². The predicted molar refractivity (Wildman–Crippen MR) is 90.8 cm³/mol. The van der Waals surface area contributed by atoms with Crippen LogP contribution >= 0.6 is 0 Å². The largest absolute Gasteiger partial charge is 0.372 e. The first-order chi connectivity index (χ1) is 11.9. The van der Waals surface area contributed by atoms with Gasteiger partial charge in [-0.2, -0.15) is 5.26 Å². The molecule has 0 atom stereocenters. The van der Waals surface area contributed by atoms with E-state index in [9.17, 15) is 5.26 Å². The topological polar surface area (TPSA) is 70.6 Å². The molecule has 4 rings (SSSR count). The predicted octanol–water partition coefficient (Wildman–Crippen LogP) is 2.80. The summed E-state index contributed by atoms with van der Waals surface area (Å²) in [4.78, 5) is 6.41. The third-order valence-corrected chi connectivity index (χ3v) is 4.30. The van der Waals surface area contributed by atoms with Crippen LogP contribution in [0, 0.1) is 11.3 Å². The third-order valence-electron chi connectivity index (χ3n) is 4.30. The molecular formula is C18H16N6. The van der Waals surface area contributed by atoms with Gasteiger partial charge < -0.3 is 4.90 Å². The minimum absolute atomic E-state index is 0.310. The standard InChI is InChI=1S/C18H16N6/c19-13-17-18(14-7-9-20-10-8-14)24(22-21-17)16-5-3-15(4-6-16)23-11-1-2-12-23/h3-10H,1-2,11-12H2. The van der Waals surface area contributed by atoms with Crippen molar-refractivity contribution in [3.63, 3.8) is 0 Å². The SMILES string of the molecule is N#Cc1nnn(-c2ccc(N3CCCC3)cc2)c1-c1ccncc1. The maximum Gasteiger partial charge on any atom is 0.191 e. The van der Waals surface area contributed by atoms with Crippen molar-refractivity contribution >= 4 is 5.69 Å². The lowest BCUT2D eigenvalue weighted by Crippen LogP contribution is -2.17. The zero-order valence-electron chi connectivity index (χ0n) is 13.1. The van der Waals surface area contributed by atoms with Gasteiger partial charge in [-0.1, -0.05) is 5.21 Å². The molecule has 0 bridgehead atoms. The molecule has 1 aliphatic rings. The van der Waals surface area contributed by atoms with Gasteiger partial charge >= 0.3 is 0 Å². The van der Waals surface area contributed by atoms with Crippen LogP contribution in [-0.2, 0) is 0 Å². The summed E-state index contributed by atoms with van der Waals surface area (Å²) in [6.45, 7) is 2.23. The van der Waals surface area contributed by atoms with Crippen molar-refractivity contribution < 1.29 is 0 Å². The van der Waals surface area contributed by atoms with E-state index in [0.29, 0.717) is 11.4 Å². The Hall–Kier alpha value is -3.20. The number of pyridine rings is 1. The molecule has 1 aromatic carbocycles. The minimum Gasteiger partial charge on any atom is -0.372 e. The van der Waals surface area contributed by atoms with Crippen LogP contribution in [-0.4, -0.2) is 33.1 Å². The number of hydrogen-bond donors (Lipinski definition) is 0. The Labute approximate surface area is 140 Å². The second-order valence-electron chi connectivity index (χ2n) is 5.76. The van der Waals surface area contributed by atoms with Gasteiger partial charge in [0.05, 0.1) is 5.69 Å². The molecule has 118 valence electrons. The molecule has 3 aromatic rings. The number of rotatable bonds is 3. The molecule has 0 unspecified atom stereocenters. The molecule has 0 amide bonds. The van der Waals surface area contributed by atoms with Crippen LogP contribution in [0.2, 0.25) is 0 Å². The Balaban J connectivity index is 1.74. The van der Waals surface area contributed by atoms with Crippen LogP contribution in [0.1, 0.15) is 18.5 Å². The highest BCUT2D eigenvalue weighted by atomic mass is 15.4. The molecule has 0 radical (unpaired) electrons.